The molecule has 4 nitrogen and oxygen atoms in total. The molecule has 0 radical (unpaired) electrons. The molecule has 0 aliphatic rings. The smallest absolute Gasteiger partial charge is 0.227 e. The molecule has 0 N–H and O–H groups in total. The summed E-state index contributed by atoms with van der Waals surface area (Å²) >= 11 is 0. The Morgan fingerprint density at radius 3 is 1.96 bits per heavy atom. The van der Waals surface area contributed by atoms with Crippen molar-refractivity contribution < 1.29 is 8.83 Å². The monoisotopic (exact) mass is 578 g/mol. The second-order valence-corrected chi connectivity index (χ2v) is 11.2. The molecular formula is C41H26N2O2. The van der Waals surface area contributed by atoms with Gasteiger partial charge in [-0.2, -0.15) is 0 Å². The van der Waals surface area contributed by atoms with E-state index in [9.17, 15) is 0 Å². The highest BCUT2D eigenvalue weighted by Crippen LogP contribution is 2.43. The summed E-state index contributed by atoms with van der Waals surface area (Å²) in [5.74, 6) is 0.600. The first-order valence-corrected chi connectivity index (χ1v) is 15.0. The van der Waals surface area contributed by atoms with Gasteiger partial charge in [-0.1, -0.05) is 97.1 Å². The Balaban J connectivity index is 1.25. The summed E-state index contributed by atoms with van der Waals surface area (Å²) in [6.45, 7) is 0. The molecule has 0 atom stereocenters. The number of rotatable bonds is 5. The quantitative estimate of drug-likeness (QED) is 0.204. The standard InChI is InChI=1S/C41H26N2O2/c1-3-12-28(13-4-1)33-17-9-10-18-37(33)43(31-20-19-27-11-7-8-16-30(27)23-31)32-21-22-38-34(24-32)35-25-36-40(26-39(35)44-38)45-41(42-36)29-14-5-2-6-15-29/h1-26H. The molecule has 0 saturated carbocycles. The van der Waals surface area contributed by atoms with Crippen LogP contribution in [0.4, 0.5) is 17.1 Å². The Bertz CT molecular complexity index is 2490. The minimum atomic E-state index is 0.600. The molecule has 0 aliphatic carbocycles. The van der Waals surface area contributed by atoms with E-state index in [0.29, 0.717) is 11.5 Å². The van der Waals surface area contributed by atoms with Crippen LogP contribution in [-0.4, -0.2) is 4.98 Å². The molecule has 2 aromatic heterocycles. The first kappa shape index (κ1) is 25.4. The topological polar surface area (TPSA) is 42.4 Å². The van der Waals surface area contributed by atoms with Gasteiger partial charge in [-0.05, 0) is 70.9 Å². The van der Waals surface area contributed by atoms with Crippen LogP contribution in [0.5, 0.6) is 0 Å². The molecule has 2 heterocycles. The number of hydrogen-bond acceptors (Lipinski definition) is 4. The third-order valence-corrected chi connectivity index (χ3v) is 8.46. The lowest BCUT2D eigenvalue weighted by Gasteiger charge is -2.28. The summed E-state index contributed by atoms with van der Waals surface area (Å²) in [5.41, 5.74) is 9.57. The highest BCUT2D eigenvalue weighted by atomic mass is 16.4. The van der Waals surface area contributed by atoms with Crippen LogP contribution >= 0.6 is 0 Å². The zero-order chi connectivity index (χ0) is 29.7. The van der Waals surface area contributed by atoms with E-state index in [1.165, 1.54) is 10.8 Å². The van der Waals surface area contributed by atoms with Gasteiger partial charge in [0.25, 0.3) is 0 Å². The van der Waals surface area contributed by atoms with Crippen molar-refractivity contribution >= 4 is 60.9 Å². The maximum absolute atomic E-state index is 6.37. The number of benzene rings is 7. The lowest BCUT2D eigenvalue weighted by Crippen LogP contribution is -2.11. The maximum atomic E-state index is 6.37. The Labute approximate surface area is 259 Å². The van der Waals surface area contributed by atoms with Crippen molar-refractivity contribution in [2.75, 3.05) is 4.90 Å². The van der Waals surface area contributed by atoms with Gasteiger partial charge in [-0.15, -0.1) is 0 Å². The summed E-state index contributed by atoms with van der Waals surface area (Å²) in [6, 6.07) is 54.7. The summed E-state index contributed by atoms with van der Waals surface area (Å²) in [7, 11) is 0. The molecular weight excluding hydrogens is 552 g/mol. The molecule has 212 valence electrons. The summed E-state index contributed by atoms with van der Waals surface area (Å²) < 4.78 is 12.5. The van der Waals surface area contributed by atoms with Crippen molar-refractivity contribution in [3.05, 3.63) is 158 Å². The lowest BCUT2D eigenvalue weighted by atomic mass is 10.0. The van der Waals surface area contributed by atoms with Gasteiger partial charge in [0, 0.05) is 39.3 Å². The van der Waals surface area contributed by atoms with E-state index < -0.39 is 0 Å². The molecule has 45 heavy (non-hydrogen) atoms. The summed E-state index contributed by atoms with van der Waals surface area (Å²) in [6.07, 6.45) is 0. The van der Waals surface area contributed by atoms with Gasteiger partial charge in [0.05, 0.1) is 5.69 Å². The molecule has 4 heteroatoms. The minimum absolute atomic E-state index is 0.600. The zero-order valence-corrected chi connectivity index (χ0v) is 24.2. The SMILES string of the molecule is c1ccc(-c2nc3cc4c(cc3o2)oc2ccc(N(c3ccc5ccccc5c3)c3ccccc3-c3ccccc3)cc24)cc1. The molecule has 7 aromatic carbocycles. The van der Waals surface area contributed by atoms with Crippen molar-refractivity contribution in [2.24, 2.45) is 0 Å². The van der Waals surface area contributed by atoms with Crippen molar-refractivity contribution in [3.63, 3.8) is 0 Å². The second kappa shape index (κ2) is 10.2. The first-order valence-electron chi connectivity index (χ1n) is 15.0. The minimum Gasteiger partial charge on any atom is -0.456 e. The number of nitrogens with zero attached hydrogens (tertiary/aromatic N) is 2. The lowest BCUT2D eigenvalue weighted by molar-refractivity contribution is 0.617. The predicted molar refractivity (Wildman–Crippen MR) is 184 cm³/mol. The van der Waals surface area contributed by atoms with Crippen LogP contribution in [0, 0.1) is 0 Å². The Morgan fingerprint density at radius 2 is 1.11 bits per heavy atom. The fraction of sp³-hybridized carbons (Fsp3) is 0. The van der Waals surface area contributed by atoms with E-state index in [1.807, 2.05) is 36.4 Å². The maximum Gasteiger partial charge on any atom is 0.227 e. The van der Waals surface area contributed by atoms with E-state index >= 15 is 0 Å². The zero-order valence-electron chi connectivity index (χ0n) is 24.2. The number of para-hydroxylation sites is 1. The summed E-state index contributed by atoms with van der Waals surface area (Å²) in [4.78, 5) is 7.17. The Kier molecular flexibility index (Phi) is 5.78. The van der Waals surface area contributed by atoms with Crippen LogP contribution < -0.4 is 4.90 Å². The average Bonchev–Trinajstić information content (AvgIpc) is 3.68. The normalized spacial score (nSPS) is 11.6. The van der Waals surface area contributed by atoms with E-state index in [1.54, 1.807) is 0 Å². The van der Waals surface area contributed by atoms with Gasteiger partial charge in [0.1, 0.15) is 16.7 Å². The van der Waals surface area contributed by atoms with Crippen LogP contribution in [0.25, 0.3) is 66.4 Å². The van der Waals surface area contributed by atoms with Gasteiger partial charge in [0.15, 0.2) is 5.58 Å². The molecule has 0 saturated heterocycles. The van der Waals surface area contributed by atoms with Crippen molar-refractivity contribution in [1.82, 2.24) is 4.98 Å². The number of anilines is 3. The highest BCUT2D eigenvalue weighted by Gasteiger charge is 2.20. The van der Waals surface area contributed by atoms with Crippen LogP contribution in [-0.2, 0) is 0 Å². The molecule has 0 bridgehead atoms. The third-order valence-electron chi connectivity index (χ3n) is 8.46. The largest absolute Gasteiger partial charge is 0.456 e. The van der Waals surface area contributed by atoms with E-state index in [-0.39, 0.29) is 0 Å². The third kappa shape index (κ3) is 4.35. The molecule has 0 aliphatic heterocycles. The van der Waals surface area contributed by atoms with Crippen molar-refractivity contribution in [1.29, 1.82) is 0 Å². The fourth-order valence-corrected chi connectivity index (χ4v) is 6.30. The average molecular weight is 579 g/mol. The van der Waals surface area contributed by atoms with Gasteiger partial charge in [-0.3, -0.25) is 0 Å². The van der Waals surface area contributed by atoms with Crippen LogP contribution in [0.3, 0.4) is 0 Å². The fourth-order valence-electron chi connectivity index (χ4n) is 6.30. The Morgan fingerprint density at radius 1 is 0.444 bits per heavy atom. The van der Waals surface area contributed by atoms with E-state index in [2.05, 4.69) is 126 Å². The highest BCUT2D eigenvalue weighted by molar-refractivity contribution is 6.10. The second-order valence-electron chi connectivity index (χ2n) is 11.2. The van der Waals surface area contributed by atoms with Gasteiger partial charge in [0.2, 0.25) is 5.89 Å². The van der Waals surface area contributed by atoms with Crippen molar-refractivity contribution in [3.8, 4) is 22.6 Å². The predicted octanol–water partition coefficient (Wildman–Crippen LogP) is 11.7. The van der Waals surface area contributed by atoms with Gasteiger partial charge in [-0.25, -0.2) is 4.98 Å². The van der Waals surface area contributed by atoms with Gasteiger partial charge < -0.3 is 13.7 Å². The van der Waals surface area contributed by atoms with Crippen LogP contribution in [0.2, 0.25) is 0 Å². The number of fused-ring (bicyclic) bond motifs is 5. The molecule has 9 rings (SSSR count). The molecule has 0 fully saturated rings. The molecule has 0 unspecified atom stereocenters. The van der Waals surface area contributed by atoms with Crippen LogP contribution in [0.15, 0.2) is 167 Å². The van der Waals surface area contributed by atoms with E-state index in [0.717, 1.165) is 61.2 Å². The Hall–Kier alpha value is -6.13. The molecule has 0 spiro atoms. The first-order chi connectivity index (χ1) is 22.3. The molecule has 9 aromatic rings. The van der Waals surface area contributed by atoms with E-state index in [4.69, 9.17) is 13.8 Å². The van der Waals surface area contributed by atoms with Crippen molar-refractivity contribution in [2.45, 2.75) is 0 Å². The number of aromatic nitrogens is 1. The number of furan rings is 1. The van der Waals surface area contributed by atoms with Gasteiger partial charge >= 0.3 is 0 Å². The molecule has 0 amide bonds. The number of hydrogen-bond donors (Lipinski definition) is 0. The summed E-state index contributed by atoms with van der Waals surface area (Å²) in [5, 5.41) is 4.42. The van der Waals surface area contributed by atoms with Crippen LogP contribution in [0.1, 0.15) is 0 Å². The number of oxazole rings is 1.